The number of hydrogen-bond acceptors (Lipinski definition) is 5. The molecule has 2 aromatic rings. The number of benzene rings is 1. The van der Waals surface area contributed by atoms with Gasteiger partial charge in [0.25, 0.3) is 5.91 Å². The SMILES string of the molecule is COc1ccccc1NC(=O)CC1C(=O)Nc2ncnn21. The molecular weight excluding hydrogens is 274 g/mol. The first-order valence-electron chi connectivity index (χ1n) is 6.32. The number of carbonyl (C=O) groups is 2. The number of anilines is 2. The maximum absolute atomic E-state index is 12.1. The van der Waals surface area contributed by atoms with Crippen LogP contribution in [-0.2, 0) is 9.59 Å². The van der Waals surface area contributed by atoms with Crippen LogP contribution in [0.25, 0.3) is 0 Å². The van der Waals surface area contributed by atoms with Crippen LogP contribution in [0, 0.1) is 0 Å². The van der Waals surface area contributed by atoms with Gasteiger partial charge in [0.2, 0.25) is 11.9 Å². The number of carbonyl (C=O) groups excluding carboxylic acids is 2. The van der Waals surface area contributed by atoms with Gasteiger partial charge in [0, 0.05) is 0 Å². The fraction of sp³-hybridized carbons (Fsp3) is 0.231. The van der Waals surface area contributed by atoms with Crippen LogP contribution in [0.4, 0.5) is 11.6 Å². The molecule has 0 aliphatic carbocycles. The summed E-state index contributed by atoms with van der Waals surface area (Å²) < 4.78 is 6.57. The zero-order valence-electron chi connectivity index (χ0n) is 11.2. The number of methoxy groups -OCH3 is 1. The summed E-state index contributed by atoms with van der Waals surface area (Å²) in [6.07, 6.45) is 1.31. The van der Waals surface area contributed by atoms with Gasteiger partial charge in [-0.15, -0.1) is 0 Å². The van der Waals surface area contributed by atoms with Crippen molar-refractivity contribution in [2.24, 2.45) is 0 Å². The van der Waals surface area contributed by atoms with E-state index in [0.29, 0.717) is 17.4 Å². The van der Waals surface area contributed by atoms with E-state index in [4.69, 9.17) is 4.74 Å². The third-order valence-corrected chi connectivity index (χ3v) is 3.17. The molecule has 2 amide bonds. The zero-order valence-corrected chi connectivity index (χ0v) is 11.2. The van der Waals surface area contributed by atoms with E-state index in [0.717, 1.165) is 0 Å². The van der Waals surface area contributed by atoms with Gasteiger partial charge in [-0.25, -0.2) is 4.68 Å². The molecule has 1 aromatic heterocycles. The van der Waals surface area contributed by atoms with Crippen LogP contribution in [0.3, 0.4) is 0 Å². The van der Waals surface area contributed by atoms with Gasteiger partial charge >= 0.3 is 0 Å². The van der Waals surface area contributed by atoms with Gasteiger partial charge in [-0.1, -0.05) is 12.1 Å². The summed E-state index contributed by atoms with van der Waals surface area (Å²) in [7, 11) is 1.52. The van der Waals surface area contributed by atoms with E-state index in [1.54, 1.807) is 24.3 Å². The molecule has 108 valence electrons. The fourth-order valence-electron chi connectivity index (χ4n) is 2.18. The lowest BCUT2D eigenvalue weighted by atomic mass is 10.2. The molecule has 1 aromatic carbocycles. The predicted molar refractivity (Wildman–Crippen MR) is 73.9 cm³/mol. The van der Waals surface area contributed by atoms with E-state index in [9.17, 15) is 9.59 Å². The number of amides is 2. The molecule has 0 fully saturated rings. The fourth-order valence-corrected chi connectivity index (χ4v) is 2.18. The number of aromatic nitrogens is 3. The van der Waals surface area contributed by atoms with Crippen LogP contribution in [-0.4, -0.2) is 33.7 Å². The highest BCUT2D eigenvalue weighted by atomic mass is 16.5. The van der Waals surface area contributed by atoms with Crippen molar-refractivity contribution in [2.45, 2.75) is 12.5 Å². The van der Waals surface area contributed by atoms with Crippen molar-refractivity contribution in [3.63, 3.8) is 0 Å². The molecule has 0 radical (unpaired) electrons. The average Bonchev–Trinajstić information content (AvgIpc) is 3.03. The summed E-state index contributed by atoms with van der Waals surface area (Å²) in [6.45, 7) is 0. The number of hydrogen-bond donors (Lipinski definition) is 2. The number of ether oxygens (including phenoxy) is 1. The van der Waals surface area contributed by atoms with E-state index < -0.39 is 6.04 Å². The van der Waals surface area contributed by atoms with Gasteiger partial charge in [0.05, 0.1) is 19.2 Å². The summed E-state index contributed by atoms with van der Waals surface area (Å²) in [5, 5.41) is 9.23. The van der Waals surface area contributed by atoms with Gasteiger partial charge in [0.15, 0.2) is 0 Å². The number of fused-ring (bicyclic) bond motifs is 1. The molecular formula is C13H13N5O3. The minimum atomic E-state index is -0.683. The summed E-state index contributed by atoms with van der Waals surface area (Å²) in [5.41, 5.74) is 0.558. The Morgan fingerprint density at radius 2 is 2.29 bits per heavy atom. The molecule has 0 bridgehead atoms. The Hall–Kier alpha value is -2.90. The predicted octanol–water partition coefficient (Wildman–Crippen LogP) is 0.809. The third-order valence-electron chi connectivity index (χ3n) is 3.17. The Morgan fingerprint density at radius 3 is 3.10 bits per heavy atom. The molecule has 2 N–H and O–H groups in total. The molecule has 1 atom stereocenters. The van der Waals surface area contributed by atoms with Crippen molar-refractivity contribution in [3.8, 4) is 5.75 Å². The second kappa shape index (κ2) is 5.23. The Bertz CT molecular complexity index is 697. The van der Waals surface area contributed by atoms with Crippen LogP contribution < -0.4 is 15.4 Å². The van der Waals surface area contributed by atoms with E-state index in [-0.39, 0.29) is 18.2 Å². The van der Waals surface area contributed by atoms with Crippen LogP contribution in [0.1, 0.15) is 12.5 Å². The molecule has 2 heterocycles. The molecule has 8 nitrogen and oxygen atoms in total. The maximum Gasteiger partial charge on any atom is 0.252 e. The Morgan fingerprint density at radius 1 is 1.48 bits per heavy atom. The first kappa shape index (κ1) is 13.1. The topological polar surface area (TPSA) is 98.1 Å². The van der Waals surface area contributed by atoms with E-state index in [2.05, 4.69) is 20.7 Å². The number of rotatable bonds is 4. The lowest BCUT2D eigenvalue weighted by Gasteiger charge is -2.12. The molecule has 1 aliphatic rings. The molecule has 8 heteroatoms. The van der Waals surface area contributed by atoms with Gasteiger partial charge in [0.1, 0.15) is 18.1 Å². The van der Waals surface area contributed by atoms with Crippen molar-refractivity contribution in [3.05, 3.63) is 30.6 Å². The first-order chi connectivity index (χ1) is 10.2. The first-order valence-corrected chi connectivity index (χ1v) is 6.32. The van der Waals surface area contributed by atoms with Crippen LogP contribution in [0.15, 0.2) is 30.6 Å². The molecule has 3 rings (SSSR count). The standard InChI is InChI=1S/C13H13N5O3/c1-21-10-5-3-2-4-8(10)16-11(19)6-9-12(20)17-13-14-7-15-18(9)13/h2-5,7,9H,6H2,1H3,(H,16,19)(H,14,15,17,20). The van der Waals surface area contributed by atoms with Gasteiger partial charge in [-0.05, 0) is 12.1 Å². The summed E-state index contributed by atoms with van der Waals surface area (Å²) >= 11 is 0. The Kier molecular flexibility index (Phi) is 3.27. The zero-order chi connectivity index (χ0) is 14.8. The van der Waals surface area contributed by atoms with Crippen molar-refractivity contribution in [1.82, 2.24) is 14.8 Å². The Labute approximate surface area is 120 Å². The number of nitrogens with zero attached hydrogens (tertiary/aromatic N) is 3. The number of para-hydroxylation sites is 2. The molecule has 0 saturated carbocycles. The minimum Gasteiger partial charge on any atom is -0.495 e. The molecule has 0 spiro atoms. The largest absolute Gasteiger partial charge is 0.495 e. The van der Waals surface area contributed by atoms with Crippen molar-refractivity contribution in [1.29, 1.82) is 0 Å². The normalized spacial score (nSPS) is 16.2. The summed E-state index contributed by atoms with van der Waals surface area (Å²) in [6, 6.07) is 6.38. The highest BCUT2D eigenvalue weighted by molar-refractivity contribution is 6.01. The smallest absolute Gasteiger partial charge is 0.252 e. The molecule has 21 heavy (non-hydrogen) atoms. The second-order valence-corrected chi connectivity index (χ2v) is 4.49. The van der Waals surface area contributed by atoms with E-state index in [1.807, 2.05) is 0 Å². The highest BCUT2D eigenvalue weighted by Gasteiger charge is 2.33. The van der Waals surface area contributed by atoms with Crippen molar-refractivity contribution < 1.29 is 14.3 Å². The lowest BCUT2D eigenvalue weighted by molar-refractivity contribution is -0.123. The third kappa shape index (κ3) is 2.42. The van der Waals surface area contributed by atoms with Gasteiger partial charge in [-0.2, -0.15) is 10.1 Å². The summed E-state index contributed by atoms with van der Waals surface area (Å²) in [4.78, 5) is 27.8. The lowest BCUT2D eigenvalue weighted by Crippen LogP contribution is -2.23. The molecule has 0 saturated heterocycles. The van der Waals surface area contributed by atoms with Crippen LogP contribution in [0.2, 0.25) is 0 Å². The maximum atomic E-state index is 12.1. The van der Waals surface area contributed by atoms with Crippen LogP contribution in [0.5, 0.6) is 5.75 Å². The Balaban J connectivity index is 1.71. The average molecular weight is 287 g/mol. The molecule has 1 aliphatic heterocycles. The monoisotopic (exact) mass is 287 g/mol. The quantitative estimate of drug-likeness (QED) is 0.867. The van der Waals surface area contributed by atoms with Gasteiger partial charge < -0.3 is 10.1 Å². The van der Waals surface area contributed by atoms with E-state index >= 15 is 0 Å². The van der Waals surface area contributed by atoms with Crippen molar-refractivity contribution >= 4 is 23.5 Å². The second-order valence-electron chi connectivity index (χ2n) is 4.49. The van der Waals surface area contributed by atoms with Crippen molar-refractivity contribution in [2.75, 3.05) is 17.7 Å². The molecule has 1 unspecified atom stereocenters. The summed E-state index contributed by atoms with van der Waals surface area (Å²) in [5.74, 6) is 0.321. The highest BCUT2D eigenvalue weighted by Crippen LogP contribution is 2.26. The van der Waals surface area contributed by atoms with E-state index in [1.165, 1.54) is 18.1 Å². The van der Waals surface area contributed by atoms with Gasteiger partial charge in [-0.3, -0.25) is 14.9 Å². The van der Waals surface area contributed by atoms with Crippen LogP contribution >= 0.6 is 0 Å². The number of nitrogens with one attached hydrogen (secondary N) is 2. The minimum absolute atomic E-state index is 0.0275.